The molecule has 246 valence electrons. The van der Waals surface area contributed by atoms with Gasteiger partial charge in [-0.25, -0.2) is 0 Å². The van der Waals surface area contributed by atoms with Crippen molar-refractivity contribution in [1.29, 1.82) is 0 Å². The van der Waals surface area contributed by atoms with Gasteiger partial charge in [0.25, 0.3) is 0 Å². The van der Waals surface area contributed by atoms with Gasteiger partial charge < -0.3 is 28.4 Å². The van der Waals surface area contributed by atoms with Crippen molar-refractivity contribution in [2.24, 2.45) is 11.8 Å². The Balaban J connectivity index is 1.24. The van der Waals surface area contributed by atoms with Gasteiger partial charge in [0.2, 0.25) is 0 Å². The summed E-state index contributed by atoms with van der Waals surface area (Å²) in [4.78, 5) is 0. The van der Waals surface area contributed by atoms with Gasteiger partial charge in [0.05, 0.1) is 45.2 Å². The quantitative estimate of drug-likeness (QED) is 0.171. The first-order valence-corrected chi connectivity index (χ1v) is 17.2. The summed E-state index contributed by atoms with van der Waals surface area (Å²) >= 11 is 7.00. The maximum absolute atomic E-state index is 7.00. The highest BCUT2D eigenvalue weighted by Gasteiger charge is 2.44. The zero-order valence-corrected chi connectivity index (χ0v) is 27.6. The first-order chi connectivity index (χ1) is 23.1. The number of hydrogen-bond acceptors (Lipinski definition) is 6. The number of ether oxygens (including phenoxy) is 6. The van der Waals surface area contributed by atoms with E-state index in [0.29, 0.717) is 62.7 Å². The van der Waals surface area contributed by atoms with Gasteiger partial charge in [0.1, 0.15) is 23.7 Å². The second kappa shape index (κ2) is 15.2. The fourth-order valence-electron chi connectivity index (χ4n) is 6.65. The van der Waals surface area contributed by atoms with Crippen LogP contribution in [-0.4, -0.2) is 44.7 Å². The molecule has 3 aliphatic rings. The maximum atomic E-state index is 7.00. The minimum absolute atomic E-state index is 0.160. The van der Waals surface area contributed by atoms with E-state index in [4.69, 9.17) is 40.0 Å². The third-order valence-electron chi connectivity index (χ3n) is 9.36. The molecule has 7 heteroatoms. The van der Waals surface area contributed by atoms with Crippen molar-refractivity contribution in [2.45, 2.75) is 63.8 Å². The van der Waals surface area contributed by atoms with Crippen molar-refractivity contribution in [3.63, 3.8) is 0 Å². The molecule has 2 fully saturated rings. The Kier molecular flexibility index (Phi) is 10.4. The summed E-state index contributed by atoms with van der Waals surface area (Å²) in [5.74, 6) is 2.60. The molecule has 1 aliphatic carbocycles. The predicted octanol–water partition coefficient (Wildman–Crippen LogP) is 8.38. The third kappa shape index (κ3) is 8.19. The molecular formula is C40H43ClO6. The molecule has 47 heavy (non-hydrogen) atoms. The standard InChI is InChI=1S/C40H43ClO6/c1-2-43-33-15-13-27(14-16-33)17-30-19-35-37(21-36(30)41)45-25-32-18-31(32)24-42-26-34-20-38(44-22-28-9-5-3-6-10-28)40(39(35)47-34)46-23-29-11-7-4-8-12-29/h3-16,19,21,31-32,34,38-40H,2,17-18,20,22-26H2,1H3. The fourth-order valence-corrected chi connectivity index (χ4v) is 6.87. The highest BCUT2D eigenvalue weighted by molar-refractivity contribution is 6.31. The monoisotopic (exact) mass is 654 g/mol. The van der Waals surface area contributed by atoms with Gasteiger partial charge in [-0.15, -0.1) is 0 Å². The van der Waals surface area contributed by atoms with Crippen molar-refractivity contribution in [2.75, 3.05) is 26.4 Å². The van der Waals surface area contributed by atoms with Gasteiger partial charge in [0.15, 0.2) is 0 Å². The van der Waals surface area contributed by atoms with Crippen LogP contribution in [0.5, 0.6) is 11.5 Å². The lowest BCUT2D eigenvalue weighted by atomic mass is 9.90. The fraction of sp³-hybridized carbons (Fsp3) is 0.400. The van der Waals surface area contributed by atoms with E-state index in [-0.39, 0.29) is 12.2 Å². The molecule has 7 rings (SSSR count). The minimum Gasteiger partial charge on any atom is -0.494 e. The van der Waals surface area contributed by atoms with E-state index in [9.17, 15) is 0 Å². The summed E-state index contributed by atoms with van der Waals surface area (Å²) in [6.07, 6.45) is 1.19. The van der Waals surface area contributed by atoms with Crippen molar-refractivity contribution in [1.82, 2.24) is 0 Å². The molecule has 0 aromatic heterocycles. The van der Waals surface area contributed by atoms with E-state index in [1.165, 1.54) is 0 Å². The van der Waals surface area contributed by atoms with Gasteiger partial charge >= 0.3 is 0 Å². The number of fused-ring (bicyclic) bond motifs is 5. The van der Waals surface area contributed by atoms with Gasteiger partial charge in [0, 0.05) is 23.6 Å². The van der Waals surface area contributed by atoms with Crippen molar-refractivity contribution < 1.29 is 28.4 Å². The third-order valence-corrected chi connectivity index (χ3v) is 9.72. The Morgan fingerprint density at radius 2 is 1.45 bits per heavy atom. The summed E-state index contributed by atoms with van der Waals surface area (Å²) in [6, 6.07) is 32.9. The summed E-state index contributed by atoms with van der Waals surface area (Å²) in [7, 11) is 0. The van der Waals surface area contributed by atoms with Gasteiger partial charge in [-0.3, -0.25) is 0 Å². The second-order valence-corrected chi connectivity index (χ2v) is 13.3. The van der Waals surface area contributed by atoms with Crippen molar-refractivity contribution in [3.05, 3.63) is 130 Å². The molecule has 4 aromatic carbocycles. The first-order valence-electron chi connectivity index (χ1n) is 16.8. The van der Waals surface area contributed by atoms with Crippen molar-refractivity contribution in [3.8, 4) is 11.5 Å². The topological polar surface area (TPSA) is 55.4 Å². The van der Waals surface area contributed by atoms with Gasteiger partial charge in [-0.05, 0) is 78.1 Å². The Hall–Kier alpha value is -3.39. The van der Waals surface area contributed by atoms with E-state index >= 15 is 0 Å². The first kappa shape index (κ1) is 32.2. The number of rotatable bonds is 10. The van der Waals surface area contributed by atoms with E-state index in [2.05, 4.69) is 42.5 Å². The summed E-state index contributed by atoms with van der Waals surface area (Å²) in [6.45, 7) is 5.39. The molecule has 6 nitrogen and oxygen atoms in total. The molecule has 6 unspecified atom stereocenters. The molecule has 2 bridgehead atoms. The van der Waals surface area contributed by atoms with E-state index in [1.54, 1.807) is 0 Å². The largest absolute Gasteiger partial charge is 0.494 e. The van der Waals surface area contributed by atoms with Gasteiger partial charge in [-0.1, -0.05) is 84.4 Å². The summed E-state index contributed by atoms with van der Waals surface area (Å²) in [5, 5.41) is 0.673. The highest BCUT2D eigenvalue weighted by Crippen LogP contribution is 2.45. The molecule has 1 saturated carbocycles. The second-order valence-electron chi connectivity index (χ2n) is 12.9. The molecule has 1 saturated heterocycles. The average Bonchev–Trinajstić information content (AvgIpc) is 3.86. The van der Waals surface area contributed by atoms with Crippen LogP contribution in [0.2, 0.25) is 5.02 Å². The Morgan fingerprint density at radius 1 is 0.745 bits per heavy atom. The molecule has 0 spiro atoms. The van der Waals surface area contributed by atoms with Gasteiger partial charge in [-0.2, -0.15) is 0 Å². The average molecular weight is 655 g/mol. The van der Waals surface area contributed by atoms with Crippen LogP contribution in [0.15, 0.2) is 97.1 Å². The number of halogens is 1. The molecule has 2 aliphatic heterocycles. The lowest BCUT2D eigenvalue weighted by molar-refractivity contribution is -0.219. The highest BCUT2D eigenvalue weighted by atomic mass is 35.5. The normalized spacial score (nSPS) is 25.3. The Morgan fingerprint density at radius 3 is 2.17 bits per heavy atom. The molecular weight excluding hydrogens is 612 g/mol. The maximum Gasteiger partial charge on any atom is 0.126 e. The molecule has 6 atom stereocenters. The van der Waals surface area contributed by atoms with E-state index in [0.717, 1.165) is 52.3 Å². The van der Waals surface area contributed by atoms with E-state index in [1.807, 2.05) is 61.5 Å². The van der Waals surface area contributed by atoms with Crippen LogP contribution < -0.4 is 9.47 Å². The van der Waals surface area contributed by atoms with Crippen molar-refractivity contribution >= 4 is 11.6 Å². The number of benzene rings is 4. The van der Waals surface area contributed by atoms with Crippen LogP contribution >= 0.6 is 11.6 Å². The van der Waals surface area contributed by atoms with Crippen LogP contribution in [-0.2, 0) is 38.6 Å². The lowest BCUT2D eigenvalue weighted by Gasteiger charge is -2.42. The molecule has 0 amide bonds. The van der Waals surface area contributed by atoms with Crippen LogP contribution in [0.25, 0.3) is 0 Å². The zero-order valence-electron chi connectivity index (χ0n) is 26.9. The van der Waals surface area contributed by atoms with Crippen LogP contribution in [0.4, 0.5) is 0 Å². The number of hydrogen-bond donors (Lipinski definition) is 0. The van der Waals surface area contributed by atoms with Crippen LogP contribution in [0.1, 0.15) is 53.7 Å². The summed E-state index contributed by atoms with van der Waals surface area (Å²) < 4.78 is 38.9. The minimum atomic E-state index is -0.456. The van der Waals surface area contributed by atoms with E-state index < -0.39 is 12.2 Å². The van der Waals surface area contributed by atoms with Crippen LogP contribution in [0, 0.1) is 11.8 Å². The lowest BCUT2D eigenvalue weighted by Crippen LogP contribution is -2.47. The SMILES string of the molecule is CCOc1ccc(Cc2cc3c(cc2Cl)OCC2CC2COCC2CC(OCc4ccccc4)C(OCc4ccccc4)C3O2)cc1. The van der Waals surface area contributed by atoms with Crippen LogP contribution in [0.3, 0.4) is 0 Å². The molecule has 2 heterocycles. The summed E-state index contributed by atoms with van der Waals surface area (Å²) in [5.41, 5.74) is 5.29. The molecule has 0 radical (unpaired) electrons. The smallest absolute Gasteiger partial charge is 0.126 e. The molecule has 4 aromatic rings. The molecule has 0 N–H and O–H groups in total. The predicted molar refractivity (Wildman–Crippen MR) is 182 cm³/mol. The zero-order chi connectivity index (χ0) is 32.0. The Labute approximate surface area is 282 Å². The Bertz CT molecular complexity index is 1580.